The number of imide groups is 1. The second kappa shape index (κ2) is 8.18. The van der Waals surface area contributed by atoms with Gasteiger partial charge in [-0.1, -0.05) is 25.4 Å². The van der Waals surface area contributed by atoms with Crippen LogP contribution in [0.1, 0.15) is 13.8 Å². The predicted octanol–water partition coefficient (Wildman–Crippen LogP) is 2.11. The fourth-order valence-corrected chi connectivity index (χ4v) is 1.60. The van der Waals surface area contributed by atoms with Gasteiger partial charge >= 0.3 is 6.03 Å². The highest BCUT2D eigenvalue weighted by atomic mass is 35.5. The molecule has 9 heteroatoms. The van der Waals surface area contributed by atoms with E-state index in [1.165, 1.54) is 12.1 Å². The lowest BCUT2D eigenvalue weighted by molar-refractivity contribution is -0.384. The number of hydrogen-bond acceptors (Lipinski definition) is 5. The van der Waals surface area contributed by atoms with E-state index < -0.39 is 23.5 Å². The summed E-state index contributed by atoms with van der Waals surface area (Å²) in [5, 5.41) is 15.2. The number of carbonyl (C=O) groups excluding carboxylic acids is 2. The summed E-state index contributed by atoms with van der Waals surface area (Å²) in [7, 11) is 0. The number of hydrogen-bond donors (Lipinski definition) is 2. The molecule has 22 heavy (non-hydrogen) atoms. The Morgan fingerprint density at radius 1 is 1.41 bits per heavy atom. The van der Waals surface area contributed by atoms with Crippen molar-refractivity contribution in [2.24, 2.45) is 5.92 Å². The van der Waals surface area contributed by atoms with Gasteiger partial charge < -0.3 is 10.1 Å². The number of carbonyl (C=O) groups is 2. The van der Waals surface area contributed by atoms with E-state index in [0.717, 1.165) is 6.07 Å². The van der Waals surface area contributed by atoms with E-state index >= 15 is 0 Å². The molecule has 0 radical (unpaired) electrons. The van der Waals surface area contributed by atoms with Gasteiger partial charge in [-0.2, -0.15) is 0 Å². The van der Waals surface area contributed by atoms with Crippen molar-refractivity contribution in [2.45, 2.75) is 13.8 Å². The lowest BCUT2D eigenvalue weighted by Gasteiger charge is -2.10. The Morgan fingerprint density at radius 3 is 2.64 bits per heavy atom. The van der Waals surface area contributed by atoms with Gasteiger partial charge in [0.25, 0.3) is 11.6 Å². The number of urea groups is 1. The highest BCUT2D eigenvalue weighted by Gasteiger charge is 2.13. The zero-order valence-corrected chi connectivity index (χ0v) is 12.8. The first-order valence-corrected chi connectivity index (χ1v) is 6.81. The van der Waals surface area contributed by atoms with Gasteiger partial charge in [-0.3, -0.25) is 20.2 Å². The van der Waals surface area contributed by atoms with Crippen LogP contribution in [0.3, 0.4) is 0 Å². The molecule has 3 amide bonds. The normalized spacial score (nSPS) is 10.2. The number of non-ortho nitro benzene ring substituents is 1. The van der Waals surface area contributed by atoms with E-state index in [1.807, 2.05) is 13.8 Å². The van der Waals surface area contributed by atoms with E-state index in [-0.39, 0.29) is 22.4 Å². The summed E-state index contributed by atoms with van der Waals surface area (Å²) in [6.07, 6.45) is 0. The minimum Gasteiger partial charge on any atom is -0.482 e. The quantitative estimate of drug-likeness (QED) is 0.613. The van der Waals surface area contributed by atoms with Gasteiger partial charge in [-0.05, 0) is 12.0 Å². The van der Waals surface area contributed by atoms with Crippen LogP contribution in [0, 0.1) is 16.0 Å². The van der Waals surface area contributed by atoms with Gasteiger partial charge in [-0.25, -0.2) is 4.79 Å². The average molecular weight is 330 g/mol. The topological polar surface area (TPSA) is 111 Å². The van der Waals surface area contributed by atoms with Crippen molar-refractivity contribution in [1.29, 1.82) is 0 Å². The maximum Gasteiger partial charge on any atom is 0.321 e. The number of amides is 3. The SMILES string of the molecule is CC(C)CNC(=O)NC(=O)COc1ccc([N+](=O)[O-])cc1Cl. The van der Waals surface area contributed by atoms with E-state index in [2.05, 4.69) is 10.6 Å². The molecule has 0 aromatic heterocycles. The van der Waals surface area contributed by atoms with Gasteiger partial charge in [0.15, 0.2) is 6.61 Å². The van der Waals surface area contributed by atoms with Crippen LogP contribution in [-0.4, -0.2) is 30.0 Å². The Bertz CT molecular complexity index is 577. The van der Waals surface area contributed by atoms with Gasteiger partial charge in [0, 0.05) is 18.7 Å². The molecule has 0 atom stereocenters. The molecule has 1 aromatic rings. The zero-order valence-electron chi connectivity index (χ0n) is 12.1. The Balaban J connectivity index is 2.47. The van der Waals surface area contributed by atoms with Crippen molar-refractivity contribution < 1.29 is 19.2 Å². The average Bonchev–Trinajstić information content (AvgIpc) is 2.43. The maximum atomic E-state index is 11.5. The van der Waals surface area contributed by atoms with Crippen LogP contribution >= 0.6 is 11.6 Å². The van der Waals surface area contributed by atoms with Crippen molar-refractivity contribution in [3.05, 3.63) is 33.3 Å². The number of nitrogens with zero attached hydrogens (tertiary/aromatic N) is 1. The first-order valence-electron chi connectivity index (χ1n) is 6.44. The minimum atomic E-state index is -0.657. The molecular formula is C13H16ClN3O5. The van der Waals surface area contributed by atoms with E-state index in [1.54, 1.807) is 0 Å². The molecule has 120 valence electrons. The number of nitro benzene ring substituents is 1. The Kier molecular flexibility index (Phi) is 6.58. The molecular weight excluding hydrogens is 314 g/mol. The molecule has 8 nitrogen and oxygen atoms in total. The molecule has 0 heterocycles. The molecule has 1 aromatic carbocycles. The minimum absolute atomic E-state index is 0.00580. The van der Waals surface area contributed by atoms with Crippen LogP contribution in [-0.2, 0) is 4.79 Å². The predicted molar refractivity (Wildman–Crippen MR) is 80.0 cm³/mol. The third-order valence-corrected chi connectivity index (χ3v) is 2.70. The van der Waals surface area contributed by atoms with Crippen LogP contribution in [0.4, 0.5) is 10.5 Å². The summed E-state index contributed by atoms with van der Waals surface area (Å²) in [6.45, 7) is 3.84. The monoisotopic (exact) mass is 329 g/mol. The van der Waals surface area contributed by atoms with E-state index in [9.17, 15) is 19.7 Å². The van der Waals surface area contributed by atoms with Crippen molar-refractivity contribution in [1.82, 2.24) is 10.6 Å². The summed E-state index contributed by atoms with van der Waals surface area (Å²) in [6, 6.07) is 2.99. The molecule has 0 aliphatic rings. The second-order valence-electron chi connectivity index (χ2n) is 4.81. The largest absolute Gasteiger partial charge is 0.482 e. The fourth-order valence-electron chi connectivity index (χ4n) is 1.37. The molecule has 0 bridgehead atoms. The maximum absolute atomic E-state index is 11.5. The molecule has 0 fully saturated rings. The molecule has 0 unspecified atom stereocenters. The van der Waals surface area contributed by atoms with Crippen LogP contribution < -0.4 is 15.4 Å². The van der Waals surface area contributed by atoms with E-state index in [4.69, 9.17) is 16.3 Å². The van der Waals surface area contributed by atoms with Gasteiger partial charge in [0.2, 0.25) is 0 Å². The van der Waals surface area contributed by atoms with Crippen LogP contribution in [0.5, 0.6) is 5.75 Å². The molecule has 0 saturated heterocycles. The van der Waals surface area contributed by atoms with Crippen LogP contribution in [0.2, 0.25) is 5.02 Å². The first kappa shape index (κ1) is 17.7. The summed E-state index contributed by atoms with van der Waals surface area (Å²) in [5.41, 5.74) is -0.185. The summed E-state index contributed by atoms with van der Waals surface area (Å²) >= 11 is 5.81. The number of ether oxygens (including phenoxy) is 1. The lowest BCUT2D eigenvalue weighted by Crippen LogP contribution is -2.42. The van der Waals surface area contributed by atoms with Gasteiger partial charge in [-0.15, -0.1) is 0 Å². The molecule has 0 saturated carbocycles. The van der Waals surface area contributed by atoms with Gasteiger partial charge in [0.05, 0.1) is 9.95 Å². The van der Waals surface area contributed by atoms with E-state index in [0.29, 0.717) is 6.54 Å². The number of rotatable bonds is 6. The molecule has 0 spiro atoms. The summed E-state index contributed by atoms with van der Waals surface area (Å²) in [4.78, 5) is 32.8. The smallest absolute Gasteiger partial charge is 0.321 e. The number of nitro groups is 1. The van der Waals surface area contributed by atoms with Crippen molar-refractivity contribution in [3.8, 4) is 5.75 Å². The number of nitrogens with one attached hydrogen (secondary N) is 2. The first-order chi connectivity index (χ1) is 10.3. The third kappa shape index (κ3) is 5.96. The third-order valence-electron chi connectivity index (χ3n) is 2.41. The highest BCUT2D eigenvalue weighted by Crippen LogP contribution is 2.28. The Hall–Kier alpha value is -2.35. The Labute approximate surface area is 131 Å². The molecule has 0 aliphatic carbocycles. The van der Waals surface area contributed by atoms with Crippen molar-refractivity contribution in [2.75, 3.05) is 13.2 Å². The number of benzene rings is 1. The van der Waals surface area contributed by atoms with Gasteiger partial charge in [0.1, 0.15) is 5.75 Å². The van der Waals surface area contributed by atoms with Crippen molar-refractivity contribution >= 4 is 29.2 Å². The lowest BCUT2D eigenvalue weighted by atomic mass is 10.2. The Morgan fingerprint density at radius 2 is 2.09 bits per heavy atom. The molecule has 1 rings (SSSR count). The summed E-state index contributed by atoms with van der Waals surface area (Å²) < 4.78 is 5.11. The zero-order chi connectivity index (χ0) is 16.7. The highest BCUT2D eigenvalue weighted by molar-refractivity contribution is 6.32. The fraction of sp³-hybridized carbons (Fsp3) is 0.385. The number of halogens is 1. The summed E-state index contributed by atoms with van der Waals surface area (Å²) in [5.74, 6) is -0.281. The van der Waals surface area contributed by atoms with Crippen LogP contribution in [0.15, 0.2) is 18.2 Å². The molecule has 0 aliphatic heterocycles. The standard InChI is InChI=1S/C13H16ClN3O5/c1-8(2)6-15-13(19)16-12(18)7-22-11-4-3-9(17(20)21)5-10(11)14/h3-5,8H,6-7H2,1-2H3,(H2,15,16,18,19). The van der Waals surface area contributed by atoms with Crippen molar-refractivity contribution in [3.63, 3.8) is 0 Å². The van der Waals surface area contributed by atoms with Crippen LogP contribution in [0.25, 0.3) is 0 Å². The second-order valence-corrected chi connectivity index (χ2v) is 5.22. The molecule has 2 N–H and O–H groups in total.